The zero-order valence-corrected chi connectivity index (χ0v) is 16.7. The van der Waals surface area contributed by atoms with Crippen molar-refractivity contribution in [3.63, 3.8) is 0 Å². The standard InChI is InChI=1S/C19H29N3O4S/c1-16-3-2-4-18(15-16)27(24,25)22-8-5-17(6-9-22)19(23)20-7-10-21-11-13-26-14-12-21/h2-4,15,17H,5-14H2,1H3,(H,20,23). The van der Waals surface area contributed by atoms with Crippen molar-refractivity contribution in [3.05, 3.63) is 29.8 Å². The maximum atomic E-state index is 12.8. The molecule has 0 aliphatic carbocycles. The Balaban J connectivity index is 1.46. The Hall–Kier alpha value is -1.48. The van der Waals surface area contributed by atoms with Crippen molar-refractivity contribution in [1.29, 1.82) is 0 Å². The topological polar surface area (TPSA) is 79.0 Å². The van der Waals surface area contributed by atoms with E-state index in [-0.39, 0.29) is 11.8 Å². The van der Waals surface area contributed by atoms with Gasteiger partial charge in [-0.1, -0.05) is 12.1 Å². The molecule has 0 atom stereocenters. The van der Waals surface area contributed by atoms with Gasteiger partial charge in [0.2, 0.25) is 15.9 Å². The summed E-state index contributed by atoms with van der Waals surface area (Å²) in [5.74, 6) is -0.0745. The van der Waals surface area contributed by atoms with Gasteiger partial charge in [0.05, 0.1) is 18.1 Å². The summed E-state index contributed by atoms with van der Waals surface area (Å²) < 4.78 is 32.4. The molecule has 1 amide bonds. The summed E-state index contributed by atoms with van der Waals surface area (Å²) in [7, 11) is -3.48. The Morgan fingerprint density at radius 2 is 1.89 bits per heavy atom. The molecule has 0 spiro atoms. The Morgan fingerprint density at radius 3 is 2.56 bits per heavy atom. The molecule has 7 nitrogen and oxygen atoms in total. The van der Waals surface area contributed by atoms with Gasteiger partial charge in [0.15, 0.2) is 0 Å². The van der Waals surface area contributed by atoms with Gasteiger partial charge >= 0.3 is 0 Å². The molecule has 2 saturated heterocycles. The van der Waals surface area contributed by atoms with Gasteiger partial charge in [-0.25, -0.2) is 8.42 Å². The van der Waals surface area contributed by atoms with Crippen molar-refractivity contribution >= 4 is 15.9 Å². The van der Waals surface area contributed by atoms with Crippen LogP contribution in [-0.4, -0.2) is 76.0 Å². The van der Waals surface area contributed by atoms with Crippen molar-refractivity contribution in [3.8, 4) is 0 Å². The number of hydrogen-bond donors (Lipinski definition) is 1. The predicted molar refractivity (Wildman–Crippen MR) is 103 cm³/mol. The highest BCUT2D eigenvalue weighted by Crippen LogP contribution is 2.24. The van der Waals surface area contributed by atoms with Gasteiger partial charge in [0.25, 0.3) is 0 Å². The maximum Gasteiger partial charge on any atom is 0.243 e. The van der Waals surface area contributed by atoms with Crippen LogP contribution in [0.4, 0.5) is 0 Å². The maximum absolute atomic E-state index is 12.8. The molecule has 0 saturated carbocycles. The molecule has 2 aliphatic rings. The molecular weight excluding hydrogens is 366 g/mol. The van der Waals surface area contributed by atoms with E-state index in [9.17, 15) is 13.2 Å². The first-order valence-corrected chi connectivity index (χ1v) is 11.1. The highest BCUT2D eigenvalue weighted by Gasteiger charge is 2.32. The third-order valence-corrected chi connectivity index (χ3v) is 7.18. The summed E-state index contributed by atoms with van der Waals surface area (Å²) >= 11 is 0. The van der Waals surface area contributed by atoms with Gasteiger partial charge in [0, 0.05) is 45.2 Å². The molecule has 0 bridgehead atoms. The van der Waals surface area contributed by atoms with Crippen molar-refractivity contribution in [2.24, 2.45) is 5.92 Å². The molecule has 3 rings (SSSR count). The van der Waals surface area contributed by atoms with Crippen LogP contribution in [0.15, 0.2) is 29.2 Å². The first kappa shape index (κ1) is 20.3. The van der Waals surface area contributed by atoms with Crippen molar-refractivity contribution in [2.75, 3.05) is 52.5 Å². The van der Waals surface area contributed by atoms with E-state index < -0.39 is 10.0 Å². The fourth-order valence-corrected chi connectivity index (χ4v) is 5.16. The average molecular weight is 396 g/mol. The van der Waals surface area contributed by atoms with Crippen molar-refractivity contribution in [2.45, 2.75) is 24.7 Å². The molecule has 27 heavy (non-hydrogen) atoms. The van der Waals surface area contributed by atoms with Crippen LogP contribution in [0, 0.1) is 12.8 Å². The van der Waals surface area contributed by atoms with E-state index in [4.69, 9.17) is 4.74 Å². The number of aryl methyl sites for hydroxylation is 1. The lowest BCUT2D eigenvalue weighted by molar-refractivity contribution is -0.126. The van der Waals surface area contributed by atoms with Crippen LogP contribution >= 0.6 is 0 Å². The number of morpholine rings is 1. The number of amides is 1. The molecule has 1 N–H and O–H groups in total. The fourth-order valence-electron chi connectivity index (χ4n) is 3.59. The van der Waals surface area contributed by atoms with Crippen LogP contribution in [0.25, 0.3) is 0 Å². The van der Waals surface area contributed by atoms with E-state index in [1.807, 2.05) is 13.0 Å². The summed E-state index contributed by atoms with van der Waals surface area (Å²) in [5, 5.41) is 3.00. The number of carbonyl (C=O) groups is 1. The number of carbonyl (C=O) groups excluding carboxylic acids is 1. The molecule has 150 valence electrons. The Labute approximate surface area is 161 Å². The second-order valence-corrected chi connectivity index (χ2v) is 9.18. The fraction of sp³-hybridized carbons (Fsp3) is 0.632. The summed E-state index contributed by atoms with van der Waals surface area (Å²) in [6.45, 7) is 7.43. The van der Waals surface area contributed by atoms with E-state index >= 15 is 0 Å². The van der Waals surface area contributed by atoms with Gasteiger partial charge in [0.1, 0.15) is 0 Å². The summed E-state index contributed by atoms with van der Waals surface area (Å²) in [6.07, 6.45) is 1.13. The lowest BCUT2D eigenvalue weighted by Crippen LogP contribution is -2.45. The van der Waals surface area contributed by atoms with E-state index in [0.717, 1.165) is 38.4 Å². The number of nitrogens with one attached hydrogen (secondary N) is 1. The number of benzene rings is 1. The van der Waals surface area contributed by atoms with Crippen molar-refractivity contribution < 1.29 is 17.9 Å². The van der Waals surface area contributed by atoms with E-state index in [2.05, 4.69) is 10.2 Å². The number of hydrogen-bond acceptors (Lipinski definition) is 5. The van der Waals surface area contributed by atoms with E-state index in [1.165, 1.54) is 4.31 Å². The third-order valence-electron chi connectivity index (χ3n) is 5.28. The lowest BCUT2D eigenvalue weighted by Gasteiger charge is -2.31. The molecule has 0 unspecified atom stereocenters. The minimum Gasteiger partial charge on any atom is -0.379 e. The SMILES string of the molecule is Cc1cccc(S(=O)(=O)N2CCC(C(=O)NCCN3CCOCC3)CC2)c1. The largest absolute Gasteiger partial charge is 0.379 e. The van der Waals surface area contributed by atoms with Gasteiger partial charge in [-0.3, -0.25) is 9.69 Å². The molecule has 2 heterocycles. The Morgan fingerprint density at radius 1 is 1.19 bits per heavy atom. The molecule has 8 heteroatoms. The zero-order chi connectivity index (χ0) is 19.3. The molecule has 1 aromatic rings. The van der Waals surface area contributed by atoms with Gasteiger partial charge < -0.3 is 10.1 Å². The number of sulfonamides is 1. The van der Waals surface area contributed by atoms with Gasteiger partial charge in [-0.15, -0.1) is 0 Å². The van der Waals surface area contributed by atoms with Crippen LogP contribution in [0.2, 0.25) is 0 Å². The first-order chi connectivity index (χ1) is 13.0. The number of nitrogens with zero attached hydrogens (tertiary/aromatic N) is 2. The summed E-state index contributed by atoms with van der Waals surface area (Å²) in [6, 6.07) is 6.97. The summed E-state index contributed by atoms with van der Waals surface area (Å²) in [5.41, 5.74) is 0.922. The van der Waals surface area contributed by atoms with E-state index in [0.29, 0.717) is 37.4 Å². The highest BCUT2D eigenvalue weighted by molar-refractivity contribution is 7.89. The Bertz CT molecular complexity index is 739. The van der Waals surface area contributed by atoms with E-state index in [1.54, 1.807) is 18.2 Å². The van der Waals surface area contributed by atoms with Crippen LogP contribution in [0.3, 0.4) is 0 Å². The minimum atomic E-state index is -3.48. The molecule has 2 aliphatic heterocycles. The van der Waals surface area contributed by atoms with Crippen LogP contribution in [0.5, 0.6) is 0 Å². The third kappa shape index (κ3) is 5.28. The van der Waals surface area contributed by atoms with Gasteiger partial charge in [-0.2, -0.15) is 4.31 Å². The summed E-state index contributed by atoms with van der Waals surface area (Å²) in [4.78, 5) is 15.0. The number of rotatable bonds is 6. The second kappa shape index (κ2) is 9.14. The molecule has 0 aromatic heterocycles. The highest BCUT2D eigenvalue weighted by atomic mass is 32.2. The number of ether oxygens (including phenoxy) is 1. The predicted octanol–water partition coefficient (Wildman–Crippen LogP) is 0.844. The van der Waals surface area contributed by atoms with Crippen LogP contribution in [-0.2, 0) is 19.6 Å². The lowest BCUT2D eigenvalue weighted by atomic mass is 9.97. The zero-order valence-electron chi connectivity index (χ0n) is 15.9. The first-order valence-electron chi connectivity index (χ1n) is 9.61. The number of piperidine rings is 1. The molecular formula is C19H29N3O4S. The van der Waals surface area contributed by atoms with Crippen LogP contribution in [0.1, 0.15) is 18.4 Å². The monoisotopic (exact) mass is 395 g/mol. The average Bonchev–Trinajstić information content (AvgIpc) is 2.69. The van der Waals surface area contributed by atoms with Crippen molar-refractivity contribution in [1.82, 2.24) is 14.5 Å². The minimum absolute atomic E-state index is 0.0378. The smallest absolute Gasteiger partial charge is 0.243 e. The quantitative estimate of drug-likeness (QED) is 0.772. The van der Waals surface area contributed by atoms with Gasteiger partial charge in [-0.05, 0) is 37.5 Å². The normalized spacial score (nSPS) is 20.5. The molecule has 2 fully saturated rings. The molecule has 1 aromatic carbocycles. The Kier molecular flexibility index (Phi) is 6.86. The second-order valence-electron chi connectivity index (χ2n) is 7.24. The van der Waals surface area contributed by atoms with Crippen LogP contribution < -0.4 is 5.32 Å². The molecule has 0 radical (unpaired) electrons.